The van der Waals surface area contributed by atoms with Crippen LogP contribution in [0.5, 0.6) is 0 Å². The fourth-order valence-corrected chi connectivity index (χ4v) is 2.66. The van der Waals surface area contributed by atoms with Crippen molar-refractivity contribution in [2.24, 2.45) is 0 Å². The van der Waals surface area contributed by atoms with Crippen LogP contribution in [0.3, 0.4) is 0 Å². The summed E-state index contributed by atoms with van der Waals surface area (Å²) >= 11 is 1.68. The third kappa shape index (κ3) is 2.77. The summed E-state index contributed by atoms with van der Waals surface area (Å²) in [5.74, 6) is 1.67. The van der Waals surface area contributed by atoms with Crippen LogP contribution in [0.2, 0.25) is 0 Å². The zero-order valence-electron chi connectivity index (χ0n) is 9.77. The standard InChI is InChI=1S/C13H13NO2S/c1-9-13(10(2)16-14-9)8-17-12-5-3-4-11(6-12)7-15/h3-7H,8H2,1-2H3. The summed E-state index contributed by atoms with van der Waals surface area (Å²) in [5, 5.41) is 3.92. The number of carbonyl (C=O) groups is 1. The second-order valence-corrected chi connectivity index (χ2v) is 4.83. The Balaban J connectivity index is 2.09. The van der Waals surface area contributed by atoms with Gasteiger partial charge in [-0.15, -0.1) is 11.8 Å². The van der Waals surface area contributed by atoms with E-state index in [9.17, 15) is 4.79 Å². The summed E-state index contributed by atoms with van der Waals surface area (Å²) in [6.45, 7) is 3.85. The molecule has 0 aliphatic carbocycles. The predicted octanol–water partition coefficient (Wildman–Crippen LogP) is 3.40. The Kier molecular flexibility index (Phi) is 3.64. The van der Waals surface area contributed by atoms with E-state index in [1.54, 1.807) is 17.8 Å². The van der Waals surface area contributed by atoms with Crippen molar-refractivity contribution in [2.45, 2.75) is 24.5 Å². The second-order valence-electron chi connectivity index (χ2n) is 3.78. The first kappa shape index (κ1) is 11.9. The van der Waals surface area contributed by atoms with Gasteiger partial charge in [0.25, 0.3) is 0 Å². The summed E-state index contributed by atoms with van der Waals surface area (Å²) in [5.41, 5.74) is 2.77. The Morgan fingerprint density at radius 2 is 2.24 bits per heavy atom. The van der Waals surface area contributed by atoms with Gasteiger partial charge < -0.3 is 4.52 Å². The third-order valence-electron chi connectivity index (χ3n) is 2.56. The highest BCUT2D eigenvalue weighted by molar-refractivity contribution is 7.98. The Morgan fingerprint density at radius 3 is 2.88 bits per heavy atom. The molecule has 0 N–H and O–H groups in total. The molecule has 1 aromatic carbocycles. The molecule has 0 saturated heterocycles. The summed E-state index contributed by atoms with van der Waals surface area (Å²) in [7, 11) is 0. The maximum atomic E-state index is 10.7. The smallest absolute Gasteiger partial charge is 0.150 e. The molecule has 1 aromatic heterocycles. The van der Waals surface area contributed by atoms with Gasteiger partial charge in [-0.05, 0) is 26.0 Å². The van der Waals surface area contributed by atoms with E-state index >= 15 is 0 Å². The zero-order valence-corrected chi connectivity index (χ0v) is 10.6. The summed E-state index contributed by atoms with van der Waals surface area (Å²) in [6, 6.07) is 7.57. The fraction of sp³-hybridized carbons (Fsp3) is 0.231. The fourth-order valence-electron chi connectivity index (χ4n) is 1.54. The van der Waals surface area contributed by atoms with E-state index in [-0.39, 0.29) is 0 Å². The highest BCUT2D eigenvalue weighted by Gasteiger charge is 2.09. The minimum Gasteiger partial charge on any atom is -0.361 e. The number of nitrogens with zero attached hydrogens (tertiary/aromatic N) is 1. The number of hydrogen-bond donors (Lipinski definition) is 0. The summed E-state index contributed by atoms with van der Waals surface area (Å²) < 4.78 is 5.11. The van der Waals surface area contributed by atoms with Crippen molar-refractivity contribution in [2.75, 3.05) is 0 Å². The highest BCUT2D eigenvalue weighted by Crippen LogP contribution is 2.26. The molecule has 0 saturated carbocycles. The van der Waals surface area contributed by atoms with Gasteiger partial charge in [0.2, 0.25) is 0 Å². The Labute approximate surface area is 104 Å². The van der Waals surface area contributed by atoms with Gasteiger partial charge in [-0.2, -0.15) is 0 Å². The number of benzene rings is 1. The van der Waals surface area contributed by atoms with E-state index in [0.29, 0.717) is 5.56 Å². The van der Waals surface area contributed by atoms with Crippen LogP contribution in [0.15, 0.2) is 33.7 Å². The molecule has 2 rings (SSSR count). The summed E-state index contributed by atoms with van der Waals surface area (Å²) in [4.78, 5) is 11.7. The van der Waals surface area contributed by atoms with E-state index in [1.165, 1.54) is 0 Å². The average molecular weight is 247 g/mol. The van der Waals surface area contributed by atoms with Crippen LogP contribution in [0.4, 0.5) is 0 Å². The zero-order chi connectivity index (χ0) is 12.3. The van der Waals surface area contributed by atoms with Crippen molar-refractivity contribution in [1.82, 2.24) is 5.16 Å². The lowest BCUT2D eigenvalue weighted by Crippen LogP contribution is -1.86. The molecular weight excluding hydrogens is 234 g/mol. The lowest BCUT2D eigenvalue weighted by Gasteiger charge is -2.01. The molecule has 3 nitrogen and oxygen atoms in total. The van der Waals surface area contributed by atoms with Crippen LogP contribution in [0.1, 0.15) is 27.4 Å². The first-order valence-corrected chi connectivity index (χ1v) is 6.29. The number of aromatic nitrogens is 1. The molecule has 0 aliphatic rings. The number of aryl methyl sites for hydroxylation is 2. The van der Waals surface area contributed by atoms with Crippen LogP contribution in [0, 0.1) is 13.8 Å². The summed E-state index contributed by atoms with van der Waals surface area (Å²) in [6.07, 6.45) is 0.861. The van der Waals surface area contributed by atoms with E-state index in [1.807, 2.05) is 32.0 Å². The van der Waals surface area contributed by atoms with Gasteiger partial charge in [0.15, 0.2) is 0 Å². The van der Waals surface area contributed by atoms with Crippen LogP contribution < -0.4 is 0 Å². The number of thioether (sulfide) groups is 1. The predicted molar refractivity (Wildman–Crippen MR) is 67.4 cm³/mol. The van der Waals surface area contributed by atoms with Crippen molar-refractivity contribution >= 4 is 18.0 Å². The highest BCUT2D eigenvalue weighted by atomic mass is 32.2. The number of carbonyl (C=O) groups excluding carboxylic acids is 1. The van der Waals surface area contributed by atoms with Gasteiger partial charge in [-0.25, -0.2) is 0 Å². The molecule has 0 radical (unpaired) electrons. The topological polar surface area (TPSA) is 43.1 Å². The van der Waals surface area contributed by atoms with Gasteiger partial charge in [0.05, 0.1) is 5.69 Å². The molecular formula is C13H13NO2S. The van der Waals surface area contributed by atoms with E-state index in [4.69, 9.17) is 4.52 Å². The first-order chi connectivity index (χ1) is 8.20. The minimum absolute atomic E-state index is 0.703. The van der Waals surface area contributed by atoms with E-state index < -0.39 is 0 Å². The largest absolute Gasteiger partial charge is 0.361 e. The van der Waals surface area contributed by atoms with Crippen molar-refractivity contribution in [1.29, 1.82) is 0 Å². The Morgan fingerprint density at radius 1 is 1.41 bits per heavy atom. The quantitative estimate of drug-likeness (QED) is 0.613. The molecule has 17 heavy (non-hydrogen) atoms. The number of hydrogen-bond acceptors (Lipinski definition) is 4. The lowest BCUT2D eigenvalue weighted by atomic mass is 10.2. The van der Waals surface area contributed by atoms with Crippen LogP contribution in [0.25, 0.3) is 0 Å². The first-order valence-electron chi connectivity index (χ1n) is 5.30. The monoisotopic (exact) mass is 247 g/mol. The maximum Gasteiger partial charge on any atom is 0.150 e. The van der Waals surface area contributed by atoms with Gasteiger partial charge in [-0.3, -0.25) is 4.79 Å². The lowest BCUT2D eigenvalue weighted by molar-refractivity contribution is 0.112. The van der Waals surface area contributed by atoms with Crippen LogP contribution >= 0.6 is 11.8 Å². The van der Waals surface area contributed by atoms with E-state index in [2.05, 4.69) is 5.16 Å². The molecule has 0 aliphatic heterocycles. The van der Waals surface area contributed by atoms with Gasteiger partial charge in [0, 0.05) is 21.8 Å². The number of rotatable bonds is 4. The molecule has 88 valence electrons. The molecule has 0 unspecified atom stereocenters. The van der Waals surface area contributed by atoms with Crippen molar-refractivity contribution < 1.29 is 9.32 Å². The Hall–Kier alpha value is -1.55. The normalized spacial score (nSPS) is 10.5. The molecule has 2 aromatic rings. The van der Waals surface area contributed by atoms with Gasteiger partial charge >= 0.3 is 0 Å². The Bertz CT molecular complexity index is 514. The molecule has 0 bridgehead atoms. The molecule has 1 heterocycles. The van der Waals surface area contributed by atoms with Crippen molar-refractivity contribution in [3.05, 3.63) is 46.8 Å². The maximum absolute atomic E-state index is 10.7. The average Bonchev–Trinajstić information content (AvgIpc) is 2.67. The van der Waals surface area contributed by atoms with E-state index in [0.717, 1.165) is 34.0 Å². The molecule has 0 spiro atoms. The van der Waals surface area contributed by atoms with Crippen LogP contribution in [-0.2, 0) is 5.75 Å². The van der Waals surface area contributed by atoms with Crippen LogP contribution in [-0.4, -0.2) is 11.4 Å². The second kappa shape index (κ2) is 5.19. The molecule has 0 amide bonds. The van der Waals surface area contributed by atoms with Crippen molar-refractivity contribution in [3.8, 4) is 0 Å². The SMILES string of the molecule is Cc1noc(C)c1CSc1cccc(C=O)c1. The molecule has 4 heteroatoms. The molecule has 0 fully saturated rings. The van der Waals surface area contributed by atoms with Gasteiger partial charge in [0.1, 0.15) is 12.0 Å². The minimum atomic E-state index is 0.703. The molecule has 0 atom stereocenters. The third-order valence-corrected chi connectivity index (χ3v) is 3.58. The number of aldehydes is 1. The van der Waals surface area contributed by atoms with Crippen molar-refractivity contribution in [3.63, 3.8) is 0 Å². The van der Waals surface area contributed by atoms with Gasteiger partial charge in [-0.1, -0.05) is 17.3 Å².